The summed E-state index contributed by atoms with van der Waals surface area (Å²) < 4.78 is 0. The Hall–Kier alpha value is -1.84. The highest BCUT2D eigenvalue weighted by Gasteiger charge is 2.12. The molecule has 0 aliphatic rings. The van der Waals surface area contributed by atoms with Gasteiger partial charge in [-0.2, -0.15) is 5.10 Å². The molecule has 1 amide bonds. The van der Waals surface area contributed by atoms with Gasteiger partial charge in [-0.15, -0.1) is 0 Å². The van der Waals surface area contributed by atoms with Crippen LogP contribution >= 0.6 is 0 Å². The zero-order chi connectivity index (χ0) is 13.7. The summed E-state index contributed by atoms with van der Waals surface area (Å²) in [5, 5.41) is 6.11. The molecule has 0 saturated carbocycles. The Kier molecular flexibility index (Phi) is 4.89. The highest BCUT2D eigenvalue weighted by molar-refractivity contribution is 6.38. The van der Waals surface area contributed by atoms with Crippen molar-refractivity contribution in [2.75, 3.05) is 26.2 Å². The van der Waals surface area contributed by atoms with Crippen LogP contribution in [0.5, 0.6) is 0 Å². The monoisotopic (exact) mass is 247 g/mol. The number of hydrogen-bond acceptors (Lipinski definition) is 3. The third-order valence-corrected chi connectivity index (χ3v) is 2.67. The van der Waals surface area contributed by atoms with Crippen LogP contribution in [0.4, 0.5) is 5.69 Å². The Balaban J connectivity index is 2.92. The Labute approximate surface area is 109 Å². The molecule has 1 aromatic carbocycles. The van der Waals surface area contributed by atoms with E-state index >= 15 is 0 Å². The number of amides is 1. The lowest BCUT2D eigenvalue weighted by molar-refractivity contribution is -0.121. The Morgan fingerprint density at radius 3 is 2.17 bits per heavy atom. The number of rotatable bonds is 4. The van der Waals surface area contributed by atoms with Crippen LogP contribution in [0.25, 0.3) is 0 Å². The third kappa shape index (κ3) is 3.58. The maximum absolute atomic E-state index is 11.9. The van der Waals surface area contributed by atoms with Crippen molar-refractivity contribution in [2.24, 2.45) is 5.10 Å². The van der Waals surface area contributed by atoms with Gasteiger partial charge in [0.05, 0.1) is 5.69 Å². The van der Waals surface area contributed by atoms with E-state index in [0.29, 0.717) is 12.1 Å². The molecular weight excluding hydrogens is 226 g/mol. The summed E-state index contributed by atoms with van der Waals surface area (Å²) in [7, 11) is 5.32. The first-order chi connectivity index (χ1) is 8.45. The van der Waals surface area contributed by atoms with Crippen LogP contribution in [-0.4, -0.2) is 37.7 Å². The van der Waals surface area contributed by atoms with Crippen LogP contribution in [0.3, 0.4) is 0 Å². The minimum atomic E-state index is -0.0449. The van der Waals surface area contributed by atoms with Crippen molar-refractivity contribution in [3.8, 4) is 0 Å². The highest BCUT2D eigenvalue weighted by atomic mass is 16.2. The molecule has 0 saturated heterocycles. The van der Waals surface area contributed by atoms with Gasteiger partial charge in [-0.05, 0) is 25.5 Å². The normalized spacial score (nSPS) is 11.3. The van der Waals surface area contributed by atoms with Gasteiger partial charge >= 0.3 is 0 Å². The van der Waals surface area contributed by atoms with Gasteiger partial charge in [-0.3, -0.25) is 9.80 Å². The van der Waals surface area contributed by atoms with Crippen molar-refractivity contribution < 1.29 is 4.79 Å². The molecule has 0 radical (unpaired) electrons. The number of aryl methyl sites for hydroxylation is 1. The van der Waals surface area contributed by atoms with E-state index in [2.05, 4.69) is 5.10 Å². The predicted molar refractivity (Wildman–Crippen MR) is 76.0 cm³/mol. The summed E-state index contributed by atoms with van der Waals surface area (Å²) in [5.41, 5.74) is 2.73. The molecular formula is C14H21N3O. The summed E-state index contributed by atoms with van der Waals surface area (Å²) in [4.78, 5) is 13.4. The van der Waals surface area contributed by atoms with Crippen LogP contribution in [-0.2, 0) is 4.79 Å². The van der Waals surface area contributed by atoms with Gasteiger partial charge in [0.2, 0.25) is 0 Å². The van der Waals surface area contributed by atoms with Crippen LogP contribution < -0.4 is 5.01 Å². The van der Waals surface area contributed by atoms with Crippen molar-refractivity contribution in [3.63, 3.8) is 0 Å². The van der Waals surface area contributed by atoms with E-state index in [1.165, 1.54) is 5.56 Å². The van der Waals surface area contributed by atoms with E-state index in [-0.39, 0.29) is 5.91 Å². The third-order valence-electron chi connectivity index (χ3n) is 2.67. The fraction of sp³-hybridized carbons (Fsp3) is 0.429. The zero-order valence-corrected chi connectivity index (χ0v) is 11.8. The topological polar surface area (TPSA) is 35.9 Å². The van der Waals surface area contributed by atoms with Crippen LogP contribution in [0.1, 0.15) is 18.9 Å². The van der Waals surface area contributed by atoms with Crippen LogP contribution in [0, 0.1) is 6.92 Å². The summed E-state index contributed by atoms with van der Waals surface area (Å²) >= 11 is 0. The molecule has 0 bridgehead atoms. The first-order valence-electron chi connectivity index (χ1n) is 6.05. The van der Waals surface area contributed by atoms with Crippen molar-refractivity contribution >= 4 is 17.3 Å². The van der Waals surface area contributed by atoms with Gasteiger partial charge in [-0.25, -0.2) is 0 Å². The smallest absolute Gasteiger partial charge is 0.269 e. The fourth-order valence-electron chi connectivity index (χ4n) is 1.52. The predicted octanol–water partition coefficient (Wildman–Crippen LogP) is 2.29. The quantitative estimate of drug-likeness (QED) is 0.604. The lowest BCUT2D eigenvalue weighted by Gasteiger charge is -2.17. The van der Waals surface area contributed by atoms with E-state index in [1.54, 1.807) is 24.0 Å². The average molecular weight is 247 g/mol. The van der Waals surface area contributed by atoms with Crippen molar-refractivity contribution in [1.82, 2.24) is 4.90 Å². The van der Waals surface area contributed by atoms with Crippen molar-refractivity contribution in [2.45, 2.75) is 20.3 Å². The number of carbonyl (C=O) groups excluding carboxylic acids is 1. The minimum Gasteiger partial charge on any atom is -0.344 e. The molecule has 18 heavy (non-hydrogen) atoms. The maximum atomic E-state index is 11.9. The second kappa shape index (κ2) is 6.19. The molecule has 0 unspecified atom stereocenters. The van der Waals surface area contributed by atoms with Crippen molar-refractivity contribution in [3.05, 3.63) is 29.8 Å². The Bertz CT molecular complexity index is 435. The number of carbonyl (C=O) groups is 1. The van der Waals surface area contributed by atoms with Gasteiger partial charge in [0.1, 0.15) is 5.71 Å². The number of hydrazone groups is 1. The molecule has 0 aromatic heterocycles. The molecule has 98 valence electrons. The second-order valence-electron chi connectivity index (χ2n) is 4.46. The Morgan fingerprint density at radius 2 is 1.72 bits per heavy atom. The molecule has 0 heterocycles. The van der Waals surface area contributed by atoms with Gasteiger partial charge in [0.15, 0.2) is 0 Å². The largest absolute Gasteiger partial charge is 0.344 e. The van der Waals surface area contributed by atoms with E-state index < -0.39 is 0 Å². The molecule has 0 aliphatic heterocycles. The zero-order valence-electron chi connectivity index (χ0n) is 11.8. The van der Waals surface area contributed by atoms with Crippen LogP contribution in [0.2, 0.25) is 0 Å². The molecule has 1 aromatic rings. The van der Waals surface area contributed by atoms with Crippen molar-refractivity contribution in [1.29, 1.82) is 0 Å². The number of anilines is 1. The van der Waals surface area contributed by atoms with E-state index in [1.807, 2.05) is 45.2 Å². The number of benzene rings is 1. The molecule has 0 N–H and O–H groups in total. The van der Waals surface area contributed by atoms with Gasteiger partial charge < -0.3 is 4.90 Å². The summed E-state index contributed by atoms with van der Waals surface area (Å²) in [6, 6.07) is 8.04. The Morgan fingerprint density at radius 1 is 1.17 bits per heavy atom. The molecule has 1 rings (SSSR count). The number of hydrogen-bond donors (Lipinski definition) is 0. The molecule has 4 nitrogen and oxygen atoms in total. The van der Waals surface area contributed by atoms with Crippen LogP contribution in [0.15, 0.2) is 29.4 Å². The van der Waals surface area contributed by atoms with E-state index in [0.717, 1.165) is 5.69 Å². The first-order valence-corrected chi connectivity index (χ1v) is 6.05. The fourth-order valence-corrected chi connectivity index (χ4v) is 1.52. The van der Waals surface area contributed by atoms with E-state index in [9.17, 15) is 4.79 Å². The molecule has 0 fully saturated rings. The minimum absolute atomic E-state index is 0.0449. The lowest BCUT2D eigenvalue weighted by Crippen LogP contribution is -2.31. The van der Waals surface area contributed by atoms with Gasteiger partial charge in [0.25, 0.3) is 5.91 Å². The van der Waals surface area contributed by atoms with Gasteiger partial charge in [-0.1, -0.05) is 24.6 Å². The lowest BCUT2D eigenvalue weighted by atomic mass is 10.2. The summed E-state index contributed by atoms with van der Waals surface area (Å²) in [6.07, 6.45) is 0.618. The van der Waals surface area contributed by atoms with Gasteiger partial charge in [0, 0.05) is 21.1 Å². The summed E-state index contributed by atoms with van der Waals surface area (Å²) in [6.45, 7) is 3.98. The molecule has 0 atom stereocenters. The molecule has 0 spiro atoms. The summed E-state index contributed by atoms with van der Waals surface area (Å²) in [5.74, 6) is -0.0449. The molecule has 4 heteroatoms. The second-order valence-corrected chi connectivity index (χ2v) is 4.46. The number of nitrogens with zero attached hydrogens (tertiary/aromatic N) is 3. The van der Waals surface area contributed by atoms with E-state index in [4.69, 9.17) is 0 Å². The highest BCUT2D eigenvalue weighted by Crippen LogP contribution is 2.14. The first kappa shape index (κ1) is 14.2. The molecule has 0 aliphatic carbocycles. The average Bonchev–Trinajstić information content (AvgIpc) is 2.35. The standard InChI is InChI=1S/C14H21N3O/c1-6-13(14(18)16(3)4)15-17(5)12-9-7-11(2)8-10-12/h7-10H,6H2,1-5H3/b15-13-. The SMILES string of the molecule is CC/C(=N/N(C)c1ccc(C)cc1)C(=O)N(C)C. The maximum Gasteiger partial charge on any atom is 0.269 e.